The van der Waals surface area contributed by atoms with Crippen molar-refractivity contribution in [2.24, 2.45) is 0 Å². The standard InChI is InChI=1S/C15H15NO/c16-14-8-4-7-12-9-17-10-13(15(12)14)11-5-2-1-3-6-11/h1-8,13H,9-10,16H2. The highest BCUT2D eigenvalue weighted by atomic mass is 16.5. The van der Waals surface area contributed by atoms with Crippen LogP contribution in [-0.4, -0.2) is 6.61 Å². The largest absolute Gasteiger partial charge is 0.398 e. The van der Waals surface area contributed by atoms with E-state index in [2.05, 4.69) is 30.3 Å². The minimum absolute atomic E-state index is 0.265. The van der Waals surface area contributed by atoms with Crippen molar-refractivity contribution in [3.63, 3.8) is 0 Å². The second kappa shape index (κ2) is 4.22. The summed E-state index contributed by atoms with van der Waals surface area (Å²) >= 11 is 0. The van der Waals surface area contributed by atoms with Crippen LogP contribution in [0.4, 0.5) is 5.69 Å². The average Bonchev–Trinajstić information content (AvgIpc) is 2.39. The highest BCUT2D eigenvalue weighted by Gasteiger charge is 2.24. The van der Waals surface area contributed by atoms with E-state index in [-0.39, 0.29) is 5.92 Å². The maximum atomic E-state index is 6.11. The van der Waals surface area contributed by atoms with Gasteiger partial charge in [-0.25, -0.2) is 0 Å². The highest BCUT2D eigenvalue weighted by molar-refractivity contribution is 5.56. The molecule has 0 aliphatic carbocycles. The van der Waals surface area contributed by atoms with Crippen molar-refractivity contribution < 1.29 is 4.74 Å². The van der Waals surface area contributed by atoms with Gasteiger partial charge in [0.1, 0.15) is 0 Å². The van der Waals surface area contributed by atoms with Crippen molar-refractivity contribution in [1.82, 2.24) is 0 Å². The fraction of sp³-hybridized carbons (Fsp3) is 0.200. The van der Waals surface area contributed by atoms with Gasteiger partial charge in [0.05, 0.1) is 13.2 Å². The molecule has 0 amide bonds. The summed E-state index contributed by atoms with van der Waals surface area (Å²) in [4.78, 5) is 0. The molecule has 1 atom stereocenters. The number of benzene rings is 2. The van der Waals surface area contributed by atoms with Gasteiger partial charge < -0.3 is 10.5 Å². The van der Waals surface area contributed by atoms with Gasteiger partial charge in [-0.05, 0) is 22.8 Å². The summed E-state index contributed by atoms with van der Waals surface area (Å²) < 4.78 is 5.66. The van der Waals surface area contributed by atoms with Gasteiger partial charge in [-0.15, -0.1) is 0 Å². The quantitative estimate of drug-likeness (QED) is 0.757. The lowest BCUT2D eigenvalue weighted by molar-refractivity contribution is 0.0997. The van der Waals surface area contributed by atoms with Gasteiger partial charge in [0.25, 0.3) is 0 Å². The topological polar surface area (TPSA) is 35.2 Å². The zero-order chi connectivity index (χ0) is 11.7. The van der Waals surface area contributed by atoms with Gasteiger partial charge in [0, 0.05) is 11.6 Å². The van der Waals surface area contributed by atoms with E-state index < -0.39 is 0 Å². The molecule has 0 spiro atoms. The summed E-state index contributed by atoms with van der Waals surface area (Å²) in [5.41, 5.74) is 10.7. The summed E-state index contributed by atoms with van der Waals surface area (Å²) in [6.07, 6.45) is 0. The van der Waals surface area contributed by atoms with Crippen LogP contribution in [0.1, 0.15) is 22.6 Å². The van der Waals surface area contributed by atoms with Crippen molar-refractivity contribution in [3.05, 3.63) is 65.2 Å². The molecular weight excluding hydrogens is 210 g/mol. The number of ether oxygens (including phenoxy) is 1. The molecule has 0 bridgehead atoms. The van der Waals surface area contributed by atoms with Crippen LogP contribution >= 0.6 is 0 Å². The number of hydrogen-bond acceptors (Lipinski definition) is 2. The molecule has 2 N–H and O–H groups in total. The molecule has 86 valence electrons. The predicted molar refractivity (Wildman–Crippen MR) is 68.8 cm³/mol. The zero-order valence-corrected chi connectivity index (χ0v) is 9.60. The Morgan fingerprint density at radius 3 is 2.65 bits per heavy atom. The van der Waals surface area contributed by atoms with Crippen LogP contribution in [0.25, 0.3) is 0 Å². The Morgan fingerprint density at radius 2 is 1.82 bits per heavy atom. The maximum Gasteiger partial charge on any atom is 0.0720 e. The van der Waals surface area contributed by atoms with Crippen LogP contribution in [-0.2, 0) is 11.3 Å². The first-order valence-corrected chi connectivity index (χ1v) is 5.86. The van der Waals surface area contributed by atoms with E-state index in [0.29, 0.717) is 13.2 Å². The molecule has 0 saturated heterocycles. The van der Waals surface area contributed by atoms with Gasteiger partial charge in [-0.3, -0.25) is 0 Å². The van der Waals surface area contributed by atoms with Crippen molar-refractivity contribution >= 4 is 5.69 Å². The van der Waals surface area contributed by atoms with Crippen molar-refractivity contribution in [1.29, 1.82) is 0 Å². The molecule has 0 radical (unpaired) electrons. The van der Waals surface area contributed by atoms with Crippen LogP contribution in [0, 0.1) is 0 Å². The van der Waals surface area contributed by atoms with Crippen molar-refractivity contribution in [3.8, 4) is 0 Å². The predicted octanol–water partition coefficient (Wildman–Crippen LogP) is 2.93. The fourth-order valence-corrected chi connectivity index (χ4v) is 2.50. The molecule has 3 rings (SSSR count). The fourth-order valence-electron chi connectivity index (χ4n) is 2.50. The normalized spacial score (nSPS) is 18.7. The lowest BCUT2D eigenvalue weighted by Crippen LogP contribution is -2.19. The number of hydrogen-bond donors (Lipinski definition) is 1. The van der Waals surface area contributed by atoms with Gasteiger partial charge in [0.15, 0.2) is 0 Å². The van der Waals surface area contributed by atoms with Crippen LogP contribution in [0.15, 0.2) is 48.5 Å². The molecule has 1 unspecified atom stereocenters. The smallest absolute Gasteiger partial charge is 0.0720 e. The highest BCUT2D eigenvalue weighted by Crippen LogP contribution is 2.35. The van der Waals surface area contributed by atoms with Gasteiger partial charge in [-0.2, -0.15) is 0 Å². The first-order valence-electron chi connectivity index (χ1n) is 5.86. The lowest BCUT2D eigenvalue weighted by atomic mass is 9.86. The van der Waals surface area contributed by atoms with Crippen molar-refractivity contribution in [2.75, 3.05) is 12.3 Å². The number of nitrogens with two attached hydrogens (primary N) is 1. The van der Waals surface area contributed by atoms with Crippen molar-refractivity contribution in [2.45, 2.75) is 12.5 Å². The number of anilines is 1. The summed E-state index contributed by atoms with van der Waals surface area (Å²) in [5.74, 6) is 0.265. The van der Waals surface area contributed by atoms with E-state index in [1.165, 1.54) is 16.7 Å². The molecule has 2 nitrogen and oxygen atoms in total. The Labute approximate surface area is 101 Å². The monoisotopic (exact) mass is 225 g/mol. The molecule has 2 aromatic carbocycles. The van der Waals surface area contributed by atoms with E-state index in [9.17, 15) is 0 Å². The van der Waals surface area contributed by atoms with Crippen LogP contribution in [0.5, 0.6) is 0 Å². The average molecular weight is 225 g/mol. The molecule has 17 heavy (non-hydrogen) atoms. The second-order valence-corrected chi connectivity index (χ2v) is 4.40. The molecule has 1 heterocycles. The number of fused-ring (bicyclic) bond motifs is 1. The Bertz CT molecular complexity index is 522. The van der Waals surface area contributed by atoms with Gasteiger partial charge >= 0.3 is 0 Å². The third-order valence-corrected chi connectivity index (χ3v) is 3.32. The van der Waals surface area contributed by atoms with Crippen LogP contribution in [0.3, 0.4) is 0 Å². The Hall–Kier alpha value is -1.80. The van der Waals surface area contributed by atoms with E-state index in [0.717, 1.165) is 5.69 Å². The minimum Gasteiger partial charge on any atom is -0.398 e. The second-order valence-electron chi connectivity index (χ2n) is 4.40. The van der Waals surface area contributed by atoms with Crippen LogP contribution < -0.4 is 5.73 Å². The Balaban J connectivity index is 2.11. The van der Waals surface area contributed by atoms with Gasteiger partial charge in [0.2, 0.25) is 0 Å². The van der Waals surface area contributed by atoms with Crippen LogP contribution in [0.2, 0.25) is 0 Å². The molecule has 0 fully saturated rings. The van der Waals surface area contributed by atoms with Gasteiger partial charge in [-0.1, -0.05) is 42.5 Å². The zero-order valence-electron chi connectivity index (χ0n) is 9.60. The van der Waals surface area contributed by atoms with E-state index in [1.54, 1.807) is 0 Å². The molecule has 2 aromatic rings. The summed E-state index contributed by atoms with van der Waals surface area (Å²) in [6.45, 7) is 1.38. The third-order valence-electron chi connectivity index (χ3n) is 3.32. The first kappa shape index (κ1) is 10.4. The molecule has 0 saturated carbocycles. The Kier molecular flexibility index (Phi) is 2.57. The molecule has 1 aliphatic heterocycles. The summed E-state index contributed by atoms with van der Waals surface area (Å²) in [7, 11) is 0. The summed E-state index contributed by atoms with van der Waals surface area (Å²) in [5, 5.41) is 0. The van der Waals surface area contributed by atoms with E-state index >= 15 is 0 Å². The van der Waals surface area contributed by atoms with E-state index in [4.69, 9.17) is 10.5 Å². The third kappa shape index (κ3) is 1.81. The molecule has 2 heteroatoms. The molecular formula is C15H15NO. The van der Waals surface area contributed by atoms with E-state index in [1.807, 2.05) is 18.2 Å². The summed E-state index contributed by atoms with van der Waals surface area (Å²) in [6, 6.07) is 16.5. The molecule has 1 aliphatic rings. The maximum absolute atomic E-state index is 6.11. The first-order chi connectivity index (χ1) is 8.36. The minimum atomic E-state index is 0.265. The number of rotatable bonds is 1. The number of nitrogen functional groups attached to an aromatic ring is 1. The SMILES string of the molecule is Nc1cccc2c1C(c1ccccc1)COC2. The Morgan fingerprint density at radius 1 is 1.00 bits per heavy atom. The molecule has 0 aromatic heterocycles. The lowest BCUT2D eigenvalue weighted by Gasteiger charge is -2.27.